The molecule has 0 bridgehead atoms. The van der Waals surface area contributed by atoms with Gasteiger partial charge in [0.1, 0.15) is 0 Å². The summed E-state index contributed by atoms with van der Waals surface area (Å²) < 4.78 is 5.59. The van der Waals surface area contributed by atoms with Gasteiger partial charge >= 0.3 is 0 Å². The average molecular weight is 305 g/mol. The number of nitrogens with zero attached hydrogens (tertiary/aromatic N) is 2. The molecule has 1 heterocycles. The van der Waals surface area contributed by atoms with Gasteiger partial charge in [0, 0.05) is 11.6 Å². The zero-order valence-electron chi connectivity index (χ0n) is 12.4. The standard InChI is InChI=1S/C15H19N3O2S/c1-4-11(3)16-13(19)9-21-15-18-17-14(20-15)12-8-6-5-7-10(12)2/h5-8,11H,4,9H2,1-3H3,(H,16,19)/t11-/m0/s1. The van der Waals surface area contributed by atoms with Crippen LogP contribution in [-0.2, 0) is 4.79 Å². The van der Waals surface area contributed by atoms with Crippen LogP contribution in [-0.4, -0.2) is 27.9 Å². The van der Waals surface area contributed by atoms with Crippen LogP contribution in [0.2, 0.25) is 0 Å². The number of benzene rings is 1. The molecule has 0 fully saturated rings. The molecular formula is C15H19N3O2S. The van der Waals surface area contributed by atoms with Crippen molar-refractivity contribution in [2.45, 2.75) is 38.5 Å². The number of aryl methyl sites for hydroxylation is 1. The van der Waals surface area contributed by atoms with Crippen molar-refractivity contribution in [2.24, 2.45) is 0 Å². The number of carbonyl (C=O) groups excluding carboxylic acids is 1. The van der Waals surface area contributed by atoms with Gasteiger partial charge in [0.05, 0.1) is 5.75 Å². The SMILES string of the molecule is CC[C@H](C)NC(=O)CSc1nnc(-c2ccccc2C)o1. The van der Waals surface area contributed by atoms with Gasteiger partial charge in [-0.3, -0.25) is 4.79 Å². The van der Waals surface area contributed by atoms with Crippen molar-refractivity contribution in [1.29, 1.82) is 0 Å². The third kappa shape index (κ3) is 4.32. The summed E-state index contributed by atoms with van der Waals surface area (Å²) in [5.74, 6) is 0.739. The number of carbonyl (C=O) groups is 1. The lowest BCUT2D eigenvalue weighted by Gasteiger charge is -2.09. The molecular weight excluding hydrogens is 286 g/mol. The van der Waals surface area contributed by atoms with E-state index >= 15 is 0 Å². The van der Waals surface area contributed by atoms with Gasteiger partial charge in [-0.1, -0.05) is 36.9 Å². The van der Waals surface area contributed by atoms with Crippen molar-refractivity contribution in [2.75, 3.05) is 5.75 Å². The third-order valence-electron chi connectivity index (χ3n) is 3.13. The Labute approximate surface area is 128 Å². The molecule has 0 aliphatic rings. The van der Waals surface area contributed by atoms with Crippen LogP contribution in [0.15, 0.2) is 33.9 Å². The van der Waals surface area contributed by atoms with Crippen molar-refractivity contribution in [3.63, 3.8) is 0 Å². The summed E-state index contributed by atoms with van der Waals surface area (Å²) in [5, 5.41) is 11.3. The summed E-state index contributed by atoms with van der Waals surface area (Å²) in [6, 6.07) is 8.00. The molecule has 6 heteroatoms. The minimum Gasteiger partial charge on any atom is -0.411 e. The summed E-state index contributed by atoms with van der Waals surface area (Å²) >= 11 is 1.25. The third-order valence-corrected chi connectivity index (χ3v) is 3.95. The minimum atomic E-state index is -0.0232. The van der Waals surface area contributed by atoms with Gasteiger partial charge in [0.2, 0.25) is 11.8 Å². The Kier molecular flexibility index (Phi) is 5.38. The molecule has 1 aromatic heterocycles. The Hall–Kier alpha value is -1.82. The van der Waals surface area contributed by atoms with Crippen LogP contribution in [0.1, 0.15) is 25.8 Å². The highest BCUT2D eigenvalue weighted by molar-refractivity contribution is 7.99. The molecule has 0 saturated heterocycles. The van der Waals surface area contributed by atoms with E-state index in [0.717, 1.165) is 17.5 Å². The second kappa shape index (κ2) is 7.26. The zero-order chi connectivity index (χ0) is 15.2. The van der Waals surface area contributed by atoms with Crippen molar-refractivity contribution < 1.29 is 9.21 Å². The lowest BCUT2D eigenvalue weighted by Crippen LogP contribution is -2.33. The van der Waals surface area contributed by atoms with Gasteiger partial charge < -0.3 is 9.73 Å². The number of thioether (sulfide) groups is 1. The van der Waals surface area contributed by atoms with E-state index in [1.165, 1.54) is 11.8 Å². The molecule has 112 valence electrons. The van der Waals surface area contributed by atoms with Crippen LogP contribution < -0.4 is 5.32 Å². The van der Waals surface area contributed by atoms with Crippen molar-refractivity contribution in [1.82, 2.24) is 15.5 Å². The monoisotopic (exact) mass is 305 g/mol. The highest BCUT2D eigenvalue weighted by Gasteiger charge is 2.13. The molecule has 0 aliphatic carbocycles. The fraction of sp³-hybridized carbons (Fsp3) is 0.400. The molecule has 1 aromatic carbocycles. The number of hydrogen-bond donors (Lipinski definition) is 1. The van der Waals surface area contributed by atoms with Gasteiger partial charge in [-0.2, -0.15) is 0 Å². The molecule has 2 aromatic rings. The molecule has 1 amide bonds. The zero-order valence-corrected chi connectivity index (χ0v) is 13.2. The molecule has 0 radical (unpaired) electrons. The van der Waals surface area contributed by atoms with E-state index in [0.29, 0.717) is 11.1 Å². The number of nitrogens with one attached hydrogen (secondary N) is 1. The molecule has 1 N–H and O–H groups in total. The van der Waals surface area contributed by atoms with Gasteiger partial charge in [-0.25, -0.2) is 0 Å². The predicted octanol–water partition coefficient (Wildman–Crippen LogP) is 3.05. The Morgan fingerprint density at radius 3 is 2.86 bits per heavy atom. The minimum absolute atomic E-state index is 0.0232. The Balaban J connectivity index is 1.95. The molecule has 2 rings (SSSR count). The maximum Gasteiger partial charge on any atom is 0.277 e. The maximum atomic E-state index is 11.7. The van der Waals surface area contributed by atoms with E-state index in [-0.39, 0.29) is 17.7 Å². The predicted molar refractivity (Wildman–Crippen MR) is 83.1 cm³/mol. The summed E-state index contributed by atoms with van der Waals surface area (Å²) in [7, 11) is 0. The Morgan fingerprint density at radius 2 is 2.14 bits per heavy atom. The molecule has 1 atom stereocenters. The van der Waals surface area contributed by atoms with Crippen molar-refractivity contribution >= 4 is 17.7 Å². The van der Waals surface area contributed by atoms with Crippen LogP contribution in [0.4, 0.5) is 0 Å². The van der Waals surface area contributed by atoms with E-state index in [9.17, 15) is 4.79 Å². The smallest absolute Gasteiger partial charge is 0.277 e. The lowest BCUT2D eigenvalue weighted by molar-refractivity contribution is -0.119. The summed E-state index contributed by atoms with van der Waals surface area (Å²) in [5.41, 5.74) is 1.99. The molecule has 0 unspecified atom stereocenters. The van der Waals surface area contributed by atoms with Crippen LogP contribution >= 0.6 is 11.8 Å². The Bertz CT molecular complexity index is 612. The quantitative estimate of drug-likeness (QED) is 0.831. The van der Waals surface area contributed by atoms with Crippen LogP contribution in [0.3, 0.4) is 0 Å². The second-order valence-electron chi connectivity index (χ2n) is 4.85. The number of amides is 1. The average Bonchev–Trinajstić information content (AvgIpc) is 2.94. The van der Waals surface area contributed by atoms with E-state index in [1.807, 2.05) is 45.0 Å². The van der Waals surface area contributed by atoms with Gasteiger partial charge in [0.15, 0.2) is 0 Å². The van der Waals surface area contributed by atoms with Crippen LogP contribution in [0, 0.1) is 6.92 Å². The number of aromatic nitrogens is 2. The fourth-order valence-corrected chi connectivity index (χ4v) is 2.31. The molecule has 5 nitrogen and oxygen atoms in total. The first kappa shape index (κ1) is 15.6. The first-order valence-electron chi connectivity index (χ1n) is 6.91. The Morgan fingerprint density at radius 1 is 1.38 bits per heavy atom. The highest BCUT2D eigenvalue weighted by Crippen LogP contribution is 2.25. The summed E-state index contributed by atoms with van der Waals surface area (Å²) in [6.45, 7) is 6.00. The fourth-order valence-electron chi connectivity index (χ4n) is 1.74. The van der Waals surface area contributed by atoms with E-state index < -0.39 is 0 Å². The van der Waals surface area contributed by atoms with E-state index in [2.05, 4.69) is 15.5 Å². The number of hydrogen-bond acceptors (Lipinski definition) is 5. The lowest BCUT2D eigenvalue weighted by atomic mass is 10.1. The molecule has 0 aliphatic heterocycles. The summed E-state index contributed by atoms with van der Waals surface area (Å²) in [4.78, 5) is 11.7. The van der Waals surface area contributed by atoms with Gasteiger partial charge in [0.25, 0.3) is 5.22 Å². The molecule has 0 saturated carbocycles. The summed E-state index contributed by atoms with van der Waals surface area (Å²) in [6.07, 6.45) is 0.911. The first-order valence-corrected chi connectivity index (χ1v) is 7.90. The maximum absolute atomic E-state index is 11.7. The second-order valence-corrected chi connectivity index (χ2v) is 5.78. The topological polar surface area (TPSA) is 68.0 Å². The first-order chi connectivity index (χ1) is 10.1. The van der Waals surface area contributed by atoms with Gasteiger partial charge in [-0.15, -0.1) is 10.2 Å². The van der Waals surface area contributed by atoms with Crippen molar-refractivity contribution in [3.05, 3.63) is 29.8 Å². The van der Waals surface area contributed by atoms with Crippen molar-refractivity contribution in [3.8, 4) is 11.5 Å². The van der Waals surface area contributed by atoms with E-state index in [1.54, 1.807) is 0 Å². The van der Waals surface area contributed by atoms with Crippen LogP contribution in [0.5, 0.6) is 0 Å². The highest BCUT2D eigenvalue weighted by atomic mass is 32.2. The molecule has 0 spiro atoms. The largest absolute Gasteiger partial charge is 0.411 e. The normalized spacial score (nSPS) is 12.1. The van der Waals surface area contributed by atoms with Crippen LogP contribution in [0.25, 0.3) is 11.5 Å². The molecule has 21 heavy (non-hydrogen) atoms. The van der Waals surface area contributed by atoms with Gasteiger partial charge in [-0.05, 0) is 31.9 Å². The van der Waals surface area contributed by atoms with E-state index in [4.69, 9.17) is 4.42 Å². The number of rotatable bonds is 6.